The van der Waals surface area contributed by atoms with Crippen molar-refractivity contribution in [1.82, 2.24) is 9.55 Å². The van der Waals surface area contributed by atoms with Gasteiger partial charge in [-0.1, -0.05) is 0 Å². The summed E-state index contributed by atoms with van der Waals surface area (Å²) in [5.74, 6) is 1.09. The fourth-order valence-electron chi connectivity index (χ4n) is 2.45. The predicted octanol–water partition coefficient (Wildman–Crippen LogP) is 4.11. The summed E-state index contributed by atoms with van der Waals surface area (Å²) in [5.41, 5.74) is 2.08. The topological polar surface area (TPSA) is 34.9 Å². The molecule has 0 bridgehead atoms. The van der Waals surface area contributed by atoms with Crippen LogP contribution in [0.1, 0.15) is 43.1 Å². The van der Waals surface area contributed by atoms with Crippen molar-refractivity contribution in [2.45, 2.75) is 38.6 Å². The Morgan fingerprint density at radius 1 is 1.43 bits per heavy atom. The second-order valence-electron chi connectivity index (χ2n) is 5.46. The molecule has 3 atom stereocenters. The molecule has 0 aliphatic rings. The first-order valence-corrected chi connectivity index (χ1v) is 9.09. The van der Waals surface area contributed by atoms with Gasteiger partial charge in [0.15, 0.2) is 0 Å². The Balaban J connectivity index is 2.55. The third-order valence-electron chi connectivity index (χ3n) is 3.62. The third-order valence-corrected chi connectivity index (χ3v) is 4.62. The Morgan fingerprint density at radius 2 is 2.10 bits per heavy atom. The van der Waals surface area contributed by atoms with Crippen LogP contribution in [-0.2, 0) is 10.8 Å². The highest BCUT2D eigenvalue weighted by Crippen LogP contribution is 2.30. The molecule has 21 heavy (non-hydrogen) atoms. The fraction of sp³-hybridized carbons (Fsp3) is 0.533. The van der Waals surface area contributed by atoms with Gasteiger partial charge in [-0.15, -0.1) is 11.6 Å². The maximum atomic E-state index is 13.7. The number of halogens is 2. The van der Waals surface area contributed by atoms with Gasteiger partial charge in [0.25, 0.3) is 0 Å². The Bertz CT molecular complexity index is 684. The highest BCUT2D eigenvalue weighted by atomic mass is 35.5. The first-order valence-electron chi connectivity index (χ1n) is 6.93. The summed E-state index contributed by atoms with van der Waals surface area (Å²) in [6.07, 6.45) is 2.46. The molecule has 0 radical (unpaired) electrons. The molecule has 0 spiro atoms. The summed E-state index contributed by atoms with van der Waals surface area (Å²) < 4.78 is 27.1. The van der Waals surface area contributed by atoms with E-state index in [1.165, 1.54) is 6.07 Å². The van der Waals surface area contributed by atoms with Crippen LogP contribution in [0, 0.1) is 12.7 Å². The van der Waals surface area contributed by atoms with Gasteiger partial charge in [0, 0.05) is 34.9 Å². The molecule has 0 fully saturated rings. The smallest absolute Gasteiger partial charge is 0.128 e. The number of aryl methyl sites for hydroxylation is 1. The van der Waals surface area contributed by atoms with Crippen LogP contribution in [0.5, 0.6) is 0 Å². The zero-order valence-corrected chi connectivity index (χ0v) is 14.3. The van der Waals surface area contributed by atoms with Crippen molar-refractivity contribution in [2.24, 2.45) is 0 Å². The van der Waals surface area contributed by atoms with E-state index in [2.05, 4.69) is 11.9 Å². The molecule has 0 aliphatic carbocycles. The van der Waals surface area contributed by atoms with Gasteiger partial charge in [0.05, 0.1) is 16.4 Å². The molecule has 3 nitrogen and oxygen atoms in total. The maximum Gasteiger partial charge on any atom is 0.128 e. The first-order chi connectivity index (χ1) is 9.81. The second kappa shape index (κ2) is 6.44. The Hall–Kier alpha value is -0.940. The lowest BCUT2D eigenvalue weighted by molar-refractivity contribution is 0.523. The van der Waals surface area contributed by atoms with Gasteiger partial charge in [-0.25, -0.2) is 9.37 Å². The van der Waals surface area contributed by atoms with Crippen LogP contribution < -0.4 is 0 Å². The summed E-state index contributed by atoms with van der Waals surface area (Å²) in [6.45, 7) is 5.64. The van der Waals surface area contributed by atoms with E-state index in [-0.39, 0.29) is 17.2 Å². The average molecular weight is 331 g/mol. The number of aromatic nitrogens is 2. The predicted molar refractivity (Wildman–Crippen MR) is 87.0 cm³/mol. The van der Waals surface area contributed by atoms with E-state index in [9.17, 15) is 8.60 Å². The number of alkyl halides is 1. The molecule has 3 unspecified atom stereocenters. The third kappa shape index (κ3) is 3.46. The van der Waals surface area contributed by atoms with Gasteiger partial charge in [0.1, 0.15) is 11.6 Å². The molecule has 0 saturated heterocycles. The summed E-state index contributed by atoms with van der Waals surface area (Å²) in [7, 11) is -0.834. The van der Waals surface area contributed by atoms with Crippen LogP contribution in [0.25, 0.3) is 11.0 Å². The van der Waals surface area contributed by atoms with Gasteiger partial charge in [0.2, 0.25) is 0 Å². The van der Waals surface area contributed by atoms with Crippen LogP contribution in [0.3, 0.4) is 0 Å². The monoisotopic (exact) mass is 330 g/mol. The summed E-state index contributed by atoms with van der Waals surface area (Å²) in [6, 6.07) is 3.37. The highest BCUT2D eigenvalue weighted by Gasteiger charge is 2.20. The molecule has 1 heterocycles. The van der Waals surface area contributed by atoms with Gasteiger partial charge in [-0.05, 0) is 38.8 Å². The molecule has 0 aliphatic heterocycles. The van der Waals surface area contributed by atoms with Gasteiger partial charge in [-0.3, -0.25) is 4.21 Å². The SMILES string of the molecule is Cc1cc2c(cc1F)nc(C(C)Cl)n2C(C)CCS(C)=O. The molecule has 0 amide bonds. The fourth-order valence-corrected chi connectivity index (χ4v) is 3.28. The minimum Gasteiger partial charge on any atom is -0.324 e. The van der Waals surface area contributed by atoms with E-state index in [4.69, 9.17) is 11.6 Å². The zero-order chi connectivity index (χ0) is 15.7. The lowest BCUT2D eigenvalue weighted by Gasteiger charge is -2.18. The van der Waals surface area contributed by atoms with E-state index in [0.29, 0.717) is 16.8 Å². The van der Waals surface area contributed by atoms with Crippen LogP contribution in [0.15, 0.2) is 12.1 Å². The molecule has 2 rings (SSSR count). The Kier molecular flexibility index (Phi) is 5.04. The van der Waals surface area contributed by atoms with Crippen LogP contribution in [0.2, 0.25) is 0 Å². The number of benzene rings is 1. The van der Waals surface area contributed by atoms with Crippen LogP contribution >= 0.6 is 11.6 Å². The number of rotatable bonds is 5. The number of nitrogens with zero attached hydrogens (tertiary/aromatic N) is 2. The molecular formula is C15H20ClFN2OS. The molecule has 116 valence electrons. The molecular weight excluding hydrogens is 311 g/mol. The minimum absolute atomic E-state index is 0.111. The molecule has 0 N–H and O–H groups in total. The molecule has 6 heteroatoms. The highest BCUT2D eigenvalue weighted by molar-refractivity contribution is 7.84. The first kappa shape index (κ1) is 16.4. The van der Waals surface area contributed by atoms with E-state index >= 15 is 0 Å². The number of hydrogen-bond donors (Lipinski definition) is 0. The number of fused-ring (bicyclic) bond motifs is 1. The van der Waals surface area contributed by atoms with Crippen molar-refractivity contribution in [3.05, 3.63) is 29.3 Å². The van der Waals surface area contributed by atoms with Crippen molar-refractivity contribution < 1.29 is 8.60 Å². The average Bonchev–Trinajstić information content (AvgIpc) is 2.75. The molecule has 1 aromatic carbocycles. The zero-order valence-electron chi connectivity index (χ0n) is 12.7. The second-order valence-corrected chi connectivity index (χ2v) is 7.67. The lowest BCUT2D eigenvalue weighted by Crippen LogP contribution is -2.12. The summed E-state index contributed by atoms with van der Waals surface area (Å²) in [5, 5.41) is -0.268. The normalized spacial score (nSPS) is 16.1. The summed E-state index contributed by atoms with van der Waals surface area (Å²) in [4.78, 5) is 4.48. The van der Waals surface area contributed by atoms with Crippen molar-refractivity contribution in [3.8, 4) is 0 Å². The van der Waals surface area contributed by atoms with Gasteiger partial charge < -0.3 is 4.57 Å². The number of hydrogen-bond acceptors (Lipinski definition) is 2. The molecule has 2 aromatic rings. The Labute approximate surface area is 132 Å². The van der Waals surface area contributed by atoms with E-state index in [0.717, 1.165) is 17.8 Å². The van der Waals surface area contributed by atoms with Crippen molar-refractivity contribution in [3.63, 3.8) is 0 Å². The van der Waals surface area contributed by atoms with Crippen LogP contribution in [-0.4, -0.2) is 25.8 Å². The van der Waals surface area contributed by atoms with E-state index < -0.39 is 10.8 Å². The molecule has 0 saturated carbocycles. The van der Waals surface area contributed by atoms with Crippen molar-refractivity contribution in [2.75, 3.05) is 12.0 Å². The Morgan fingerprint density at radius 3 is 2.67 bits per heavy atom. The number of imidazole rings is 1. The molecule has 1 aromatic heterocycles. The van der Waals surface area contributed by atoms with Crippen LogP contribution in [0.4, 0.5) is 4.39 Å². The van der Waals surface area contributed by atoms with Crippen molar-refractivity contribution in [1.29, 1.82) is 0 Å². The van der Waals surface area contributed by atoms with E-state index in [1.54, 1.807) is 19.2 Å². The minimum atomic E-state index is -0.834. The van der Waals surface area contributed by atoms with Crippen molar-refractivity contribution >= 4 is 33.4 Å². The van der Waals surface area contributed by atoms with Gasteiger partial charge >= 0.3 is 0 Å². The maximum absolute atomic E-state index is 13.7. The summed E-state index contributed by atoms with van der Waals surface area (Å²) >= 11 is 6.23. The quantitative estimate of drug-likeness (QED) is 0.773. The van der Waals surface area contributed by atoms with Gasteiger partial charge in [-0.2, -0.15) is 0 Å². The van der Waals surface area contributed by atoms with E-state index in [1.807, 2.05) is 11.5 Å². The standard InChI is InChI=1S/C15H20ClFN2OS/c1-9-7-14-13(8-12(9)17)18-15(11(3)16)19(14)10(2)5-6-21(4)20/h7-8,10-11H,5-6H2,1-4H3. The lowest BCUT2D eigenvalue weighted by atomic mass is 10.2. The largest absolute Gasteiger partial charge is 0.324 e.